The molecule has 1 aliphatic rings. The second-order valence-electron chi connectivity index (χ2n) is 5.95. The van der Waals surface area contributed by atoms with Crippen molar-refractivity contribution in [1.82, 2.24) is 10.2 Å². The van der Waals surface area contributed by atoms with Crippen molar-refractivity contribution in [1.29, 1.82) is 0 Å². The zero-order chi connectivity index (χ0) is 16.7. The minimum Gasteiger partial charge on any atom is -0.482 e. The molecule has 0 spiro atoms. The standard InChI is InChI=1S/C17H24Cl2N2O2/c1-13-5-2-3-9-21(13)10-4-8-20-17(22)12-23-16-7-6-14(18)11-15(16)19/h6-7,11,13H,2-5,8-10,12H2,1H3,(H,20,22)/t13-/m0/s1. The number of rotatable bonds is 7. The molecule has 6 heteroatoms. The zero-order valence-corrected chi connectivity index (χ0v) is 15.0. The summed E-state index contributed by atoms with van der Waals surface area (Å²) in [7, 11) is 0. The zero-order valence-electron chi connectivity index (χ0n) is 13.5. The van der Waals surface area contributed by atoms with E-state index in [4.69, 9.17) is 27.9 Å². The Balaban J connectivity index is 1.61. The number of ether oxygens (including phenoxy) is 1. The molecule has 1 atom stereocenters. The van der Waals surface area contributed by atoms with Gasteiger partial charge in [-0.05, 0) is 50.9 Å². The molecule has 4 nitrogen and oxygen atoms in total. The van der Waals surface area contributed by atoms with Crippen LogP contribution in [0.15, 0.2) is 18.2 Å². The molecule has 128 valence electrons. The Labute approximate surface area is 148 Å². The van der Waals surface area contributed by atoms with Crippen molar-refractivity contribution < 1.29 is 9.53 Å². The molecule has 1 aromatic carbocycles. The normalized spacial score (nSPS) is 18.7. The summed E-state index contributed by atoms with van der Waals surface area (Å²) in [6.45, 7) is 5.11. The first-order valence-corrected chi connectivity index (χ1v) is 8.90. The van der Waals surface area contributed by atoms with E-state index >= 15 is 0 Å². The second-order valence-corrected chi connectivity index (χ2v) is 6.79. The molecule has 1 N–H and O–H groups in total. The molecular weight excluding hydrogens is 335 g/mol. The average Bonchev–Trinajstić information content (AvgIpc) is 2.52. The SMILES string of the molecule is C[C@H]1CCCCN1CCCNC(=O)COc1ccc(Cl)cc1Cl. The number of nitrogens with one attached hydrogen (secondary N) is 1. The van der Waals surface area contributed by atoms with Crippen molar-refractivity contribution in [2.45, 2.75) is 38.6 Å². The smallest absolute Gasteiger partial charge is 0.257 e. The van der Waals surface area contributed by atoms with Crippen LogP contribution in [-0.2, 0) is 4.79 Å². The Morgan fingerprint density at radius 2 is 2.22 bits per heavy atom. The summed E-state index contributed by atoms with van der Waals surface area (Å²) in [4.78, 5) is 14.3. The Hall–Kier alpha value is -0.970. The number of carbonyl (C=O) groups is 1. The summed E-state index contributed by atoms with van der Waals surface area (Å²) in [5.74, 6) is 0.330. The molecule has 0 saturated carbocycles. The number of hydrogen-bond acceptors (Lipinski definition) is 3. The maximum absolute atomic E-state index is 11.8. The maximum Gasteiger partial charge on any atom is 0.257 e. The van der Waals surface area contributed by atoms with Crippen LogP contribution in [0.25, 0.3) is 0 Å². The van der Waals surface area contributed by atoms with Gasteiger partial charge in [-0.1, -0.05) is 29.6 Å². The van der Waals surface area contributed by atoms with Crippen LogP contribution in [0.3, 0.4) is 0 Å². The number of amides is 1. The fraction of sp³-hybridized carbons (Fsp3) is 0.588. The van der Waals surface area contributed by atoms with E-state index in [2.05, 4.69) is 17.1 Å². The van der Waals surface area contributed by atoms with Crippen LogP contribution >= 0.6 is 23.2 Å². The van der Waals surface area contributed by atoms with Gasteiger partial charge in [-0.3, -0.25) is 4.79 Å². The van der Waals surface area contributed by atoms with Crippen molar-refractivity contribution in [3.8, 4) is 5.75 Å². The lowest BCUT2D eigenvalue weighted by molar-refractivity contribution is -0.123. The quantitative estimate of drug-likeness (QED) is 0.754. The highest BCUT2D eigenvalue weighted by molar-refractivity contribution is 6.35. The van der Waals surface area contributed by atoms with E-state index in [0.29, 0.717) is 28.4 Å². The van der Waals surface area contributed by atoms with Crippen molar-refractivity contribution in [2.75, 3.05) is 26.2 Å². The summed E-state index contributed by atoms with van der Waals surface area (Å²) in [5, 5.41) is 3.83. The van der Waals surface area contributed by atoms with Crippen LogP contribution in [-0.4, -0.2) is 43.1 Å². The van der Waals surface area contributed by atoms with Gasteiger partial charge in [0.1, 0.15) is 5.75 Å². The molecule has 0 bridgehead atoms. The lowest BCUT2D eigenvalue weighted by atomic mass is 10.0. The van der Waals surface area contributed by atoms with Gasteiger partial charge in [0.25, 0.3) is 5.91 Å². The van der Waals surface area contributed by atoms with Crippen LogP contribution in [0, 0.1) is 0 Å². The van der Waals surface area contributed by atoms with Crippen molar-refractivity contribution >= 4 is 29.1 Å². The van der Waals surface area contributed by atoms with Crippen molar-refractivity contribution in [3.63, 3.8) is 0 Å². The summed E-state index contributed by atoms with van der Waals surface area (Å²) in [6.07, 6.45) is 4.85. The summed E-state index contributed by atoms with van der Waals surface area (Å²) >= 11 is 11.8. The molecule has 1 aliphatic heterocycles. The van der Waals surface area contributed by atoms with Crippen LogP contribution in [0.5, 0.6) is 5.75 Å². The number of carbonyl (C=O) groups excluding carboxylic acids is 1. The van der Waals surface area contributed by atoms with E-state index in [0.717, 1.165) is 13.0 Å². The highest BCUT2D eigenvalue weighted by atomic mass is 35.5. The number of piperidine rings is 1. The molecule has 1 aromatic rings. The number of halogens is 2. The van der Waals surface area contributed by atoms with Crippen LogP contribution < -0.4 is 10.1 Å². The Morgan fingerprint density at radius 3 is 2.96 bits per heavy atom. The highest BCUT2D eigenvalue weighted by Crippen LogP contribution is 2.27. The van der Waals surface area contributed by atoms with Gasteiger partial charge in [0.15, 0.2) is 6.61 Å². The van der Waals surface area contributed by atoms with Crippen molar-refractivity contribution in [2.24, 2.45) is 0 Å². The highest BCUT2D eigenvalue weighted by Gasteiger charge is 2.17. The van der Waals surface area contributed by atoms with E-state index in [9.17, 15) is 4.79 Å². The van der Waals surface area contributed by atoms with Gasteiger partial charge in [0, 0.05) is 24.2 Å². The Kier molecular flexibility index (Phi) is 7.47. The molecule has 0 unspecified atom stereocenters. The van der Waals surface area contributed by atoms with E-state index in [1.54, 1.807) is 18.2 Å². The van der Waals surface area contributed by atoms with Crippen LogP contribution in [0.1, 0.15) is 32.6 Å². The van der Waals surface area contributed by atoms with Crippen molar-refractivity contribution in [3.05, 3.63) is 28.2 Å². The molecule has 1 heterocycles. The Bertz CT molecular complexity index is 525. The van der Waals surface area contributed by atoms with E-state index in [-0.39, 0.29) is 12.5 Å². The summed E-state index contributed by atoms with van der Waals surface area (Å²) < 4.78 is 5.40. The summed E-state index contributed by atoms with van der Waals surface area (Å²) in [6, 6.07) is 5.60. The molecule has 23 heavy (non-hydrogen) atoms. The van der Waals surface area contributed by atoms with E-state index in [1.165, 1.54) is 25.8 Å². The maximum atomic E-state index is 11.8. The average molecular weight is 359 g/mol. The number of hydrogen-bond donors (Lipinski definition) is 1. The van der Waals surface area contributed by atoms with E-state index in [1.807, 2.05) is 0 Å². The van der Waals surface area contributed by atoms with Crippen LogP contribution in [0.2, 0.25) is 10.0 Å². The molecule has 1 amide bonds. The number of nitrogens with zero attached hydrogens (tertiary/aromatic N) is 1. The lowest BCUT2D eigenvalue weighted by Gasteiger charge is -2.33. The van der Waals surface area contributed by atoms with Crippen LogP contribution in [0.4, 0.5) is 0 Å². The molecule has 0 aliphatic carbocycles. The Morgan fingerprint density at radius 1 is 1.39 bits per heavy atom. The minimum atomic E-state index is -0.136. The van der Waals surface area contributed by atoms with Gasteiger partial charge in [0.2, 0.25) is 0 Å². The third-order valence-corrected chi connectivity index (χ3v) is 4.67. The fourth-order valence-corrected chi connectivity index (χ4v) is 3.25. The third-order valence-electron chi connectivity index (χ3n) is 4.14. The number of likely N-dealkylation sites (tertiary alicyclic amines) is 1. The lowest BCUT2D eigenvalue weighted by Crippen LogP contribution is -2.39. The predicted octanol–water partition coefficient (Wildman–Crippen LogP) is 3.75. The predicted molar refractivity (Wildman–Crippen MR) is 94.5 cm³/mol. The van der Waals surface area contributed by atoms with Gasteiger partial charge in [-0.25, -0.2) is 0 Å². The molecular formula is C17H24Cl2N2O2. The minimum absolute atomic E-state index is 0.0402. The monoisotopic (exact) mass is 358 g/mol. The number of benzene rings is 1. The third kappa shape index (κ3) is 6.21. The first-order valence-electron chi connectivity index (χ1n) is 8.15. The first-order chi connectivity index (χ1) is 11.1. The largest absolute Gasteiger partial charge is 0.482 e. The molecule has 1 saturated heterocycles. The molecule has 0 aromatic heterocycles. The molecule has 1 fully saturated rings. The van der Waals surface area contributed by atoms with Gasteiger partial charge >= 0.3 is 0 Å². The second kappa shape index (κ2) is 9.36. The topological polar surface area (TPSA) is 41.6 Å². The van der Waals surface area contributed by atoms with Gasteiger partial charge in [0.05, 0.1) is 5.02 Å². The molecule has 0 radical (unpaired) electrons. The van der Waals surface area contributed by atoms with Gasteiger partial charge in [-0.2, -0.15) is 0 Å². The van der Waals surface area contributed by atoms with E-state index < -0.39 is 0 Å². The van der Waals surface area contributed by atoms with Gasteiger partial charge < -0.3 is 15.0 Å². The molecule has 2 rings (SSSR count). The first kappa shape index (κ1) is 18.4. The van der Waals surface area contributed by atoms with Gasteiger partial charge in [-0.15, -0.1) is 0 Å². The fourth-order valence-electron chi connectivity index (χ4n) is 2.79. The summed E-state index contributed by atoms with van der Waals surface area (Å²) in [5.41, 5.74) is 0.